The molecule has 0 aromatic carbocycles. The van der Waals surface area contributed by atoms with E-state index in [1.54, 1.807) is 0 Å². The highest BCUT2D eigenvalue weighted by atomic mass is 16.5. The summed E-state index contributed by atoms with van der Waals surface area (Å²) in [6, 6.07) is 0.225. The van der Waals surface area contributed by atoms with Gasteiger partial charge in [-0.05, 0) is 32.6 Å². The quantitative estimate of drug-likeness (QED) is 0.803. The van der Waals surface area contributed by atoms with Crippen LogP contribution in [0.3, 0.4) is 0 Å². The van der Waals surface area contributed by atoms with Crippen LogP contribution in [0.2, 0.25) is 0 Å². The lowest BCUT2D eigenvalue weighted by Crippen LogP contribution is -2.48. The number of hydrogen-bond acceptors (Lipinski definition) is 2. The molecule has 2 aliphatic rings. The van der Waals surface area contributed by atoms with Crippen LogP contribution in [0, 0.1) is 0 Å². The van der Waals surface area contributed by atoms with Crippen molar-refractivity contribution in [1.82, 2.24) is 10.2 Å². The van der Waals surface area contributed by atoms with Crippen LogP contribution in [0.15, 0.2) is 0 Å². The fourth-order valence-corrected chi connectivity index (χ4v) is 2.65. The van der Waals surface area contributed by atoms with Crippen LogP contribution in [0.25, 0.3) is 0 Å². The SMILES string of the molecule is CC(NC(=O)N1CCCCCC1)C1CCCO1. The van der Waals surface area contributed by atoms with Crippen LogP contribution in [0.4, 0.5) is 4.79 Å². The molecule has 98 valence electrons. The highest BCUT2D eigenvalue weighted by Crippen LogP contribution is 2.16. The van der Waals surface area contributed by atoms with Crippen LogP contribution in [0.1, 0.15) is 45.4 Å². The second-order valence-corrected chi connectivity index (χ2v) is 5.19. The number of ether oxygens (including phenoxy) is 1. The summed E-state index contributed by atoms with van der Waals surface area (Å²) < 4.78 is 5.59. The van der Waals surface area contributed by atoms with Gasteiger partial charge in [0.05, 0.1) is 12.1 Å². The number of urea groups is 1. The molecule has 4 nitrogen and oxygen atoms in total. The molecule has 2 fully saturated rings. The Hall–Kier alpha value is -0.770. The van der Waals surface area contributed by atoms with Gasteiger partial charge in [-0.1, -0.05) is 12.8 Å². The molecule has 2 amide bonds. The molecule has 1 N–H and O–H groups in total. The highest BCUT2D eigenvalue weighted by molar-refractivity contribution is 5.74. The number of amides is 2. The van der Waals surface area contributed by atoms with E-state index in [4.69, 9.17) is 4.74 Å². The van der Waals surface area contributed by atoms with Crippen molar-refractivity contribution in [3.8, 4) is 0 Å². The van der Waals surface area contributed by atoms with Crippen molar-refractivity contribution in [3.63, 3.8) is 0 Å². The molecule has 0 bridgehead atoms. The van der Waals surface area contributed by atoms with Gasteiger partial charge in [-0.2, -0.15) is 0 Å². The van der Waals surface area contributed by atoms with Crippen molar-refractivity contribution in [2.24, 2.45) is 0 Å². The fraction of sp³-hybridized carbons (Fsp3) is 0.923. The van der Waals surface area contributed by atoms with Crippen LogP contribution in [0.5, 0.6) is 0 Å². The smallest absolute Gasteiger partial charge is 0.317 e. The summed E-state index contributed by atoms with van der Waals surface area (Å²) in [7, 11) is 0. The third-order valence-corrected chi connectivity index (χ3v) is 3.77. The zero-order chi connectivity index (χ0) is 12.1. The Morgan fingerprint density at radius 2 is 1.94 bits per heavy atom. The molecule has 0 aromatic rings. The third-order valence-electron chi connectivity index (χ3n) is 3.77. The number of hydrogen-bond donors (Lipinski definition) is 1. The van der Waals surface area contributed by atoms with Gasteiger partial charge in [0.25, 0.3) is 0 Å². The van der Waals surface area contributed by atoms with E-state index in [1.165, 1.54) is 12.8 Å². The van der Waals surface area contributed by atoms with Gasteiger partial charge in [0.2, 0.25) is 0 Å². The summed E-state index contributed by atoms with van der Waals surface area (Å²) in [6.07, 6.45) is 7.20. The Bertz CT molecular complexity index is 244. The van der Waals surface area contributed by atoms with Crippen LogP contribution >= 0.6 is 0 Å². The number of carbonyl (C=O) groups is 1. The molecule has 2 rings (SSSR count). The maximum Gasteiger partial charge on any atom is 0.317 e. The molecule has 2 unspecified atom stereocenters. The third kappa shape index (κ3) is 3.60. The minimum absolute atomic E-state index is 0.0925. The first-order valence-corrected chi connectivity index (χ1v) is 6.94. The lowest BCUT2D eigenvalue weighted by Gasteiger charge is -2.26. The van der Waals surface area contributed by atoms with Crippen molar-refractivity contribution in [3.05, 3.63) is 0 Å². The second-order valence-electron chi connectivity index (χ2n) is 5.19. The molecule has 0 radical (unpaired) electrons. The predicted octanol–water partition coefficient (Wildman–Crippen LogP) is 2.14. The fourth-order valence-electron chi connectivity index (χ4n) is 2.65. The van der Waals surface area contributed by atoms with E-state index in [2.05, 4.69) is 5.32 Å². The summed E-state index contributed by atoms with van der Waals surface area (Å²) in [4.78, 5) is 14.0. The van der Waals surface area contributed by atoms with E-state index >= 15 is 0 Å². The number of nitrogens with zero attached hydrogens (tertiary/aromatic N) is 1. The van der Waals surface area contributed by atoms with Crippen LogP contribution < -0.4 is 5.32 Å². The molecule has 0 spiro atoms. The minimum atomic E-state index is 0.0925. The maximum atomic E-state index is 12.1. The monoisotopic (exact) mass is 240 g/mol. The molecule has 2 aliphatic heterocycles. The van der Waals surface area contributed by atoms with E-state index in [9.17, 15) is 4.79 Å². The first-order valence-electron chi connectivity index (χ1n) is 6.94. The van der Waals surface area contributed by atoms with E-state index < -0.39 is 0 Å². The van der Waals surface area contributed by atoms with E-state index in [1.807, 2.05) is 11.8 Å². The second kappa shape index (κ2) is 6.24. The van der Waals surface area contributed by atoms with E-state index in [0.717, 1.165) is 45.4 Å². The molecule has 0 aliphatic carbocycles. The Kier molecular flexibility index (Phi) is 4.66. The molecular weight excluding hydrogens is 216 g/mol. The summed E-state index contributed by atoms with van der Waals surface area (Å²) in [6.45, 7) is 4.70. The van der Waals surface area contributed by atoms with Crippen molar-refractivity contribution >= 4 is 6.03 Å². The number of carbonyl (C=O) groups excluding carboxylic acids is 1. The number of likely N-dealkylation sites (tertiary alicyclic amines) is 1. The van der Waals surface area contributed by atoms with Gasteiger partial charge in [0.1, 0.15) is 0 Å². The normalized spacial score (nSPS) is 27.6. The maximum absolute atomic E-state index is 12.1. The molecule has 0 saturated carbocycles. The topological polar surface area (TPSA) is 41.6 Å². The first kappa shape index (κ1) is 12.7. The molecule has 2 atom stereocenters. The van der Waals surface area contributed by atoms with Gasteiger partial charge in [-0.3, -0.25) is 0 Å². The van der Waals surface area contributed by atoms with Crippen molar-refractivity contribution in [1.29, 1.82) is 0 Å². The lowest BCUT2D eigenvalue weighted by molar-refractivity contribution is 0.0834. The standard InChI is InChI=1S/C13H24N2O2/c1-11(12-7-6-10-17-12)14-13(16)15-8-4-2-3-5-9-15/h11-12H,2-10H2,1H3,(H,14,16). The van der Waals surface area contributed by atoms with E-state index in [-0.39, 0.29) is 18.2 Å². The molecule has 2 heterocycles. The van der Waals surface area contributed by atoms with Gasteiger partial charge < -0.3 is 15.0 Å². The van der Waals surface area contributed by atoms with Crippen molar-refractivity contribution in [2.45, 2.75) is 57.6 Å². The first-order chi connectivity index (χ1) is 8.27. The lowest BCUT2D eigenvalue weighted by atomic mass is 10.1. The van der Waals surface area contributed by atoms with Crippen LogP contribution in [-0.2, 0) is 4.74 Å². The molecule has 4 heteroatoms. The highest BCUT2D eigenvalue weighted by Gasteiger charge is 2.25. The Labute approximate surface area is 104 Å². The molecular formula is C13H24N2O2. The Morgan fingerprint density at radius 3 is 2.53 bits per heavy atom. The van der Waals surface area contributed by atoms with Crippen LogP contribution in [-0.4, -0.2) is 42.8 Å². The average molecular weight is 240 g/mol. The average Bonchev–Trinajstić information content (AvgIpc) is 2.71. The van der Waals surface area contributed by atoms with Crippen molar-refractivity contribution < 1.29 is 9.53 Å². The summed E-state index contributed by atoms with van der Waals surface area (Å²) >= 11 is 0. The number of nitrogens with one attached hydrogen (secondary N) is 1. The van der Waals surface area contributed by atoms with Gasteiger partial charge in [-0.25, -0.2) is 4.79 Å². The summed E-state index contributed by atoms with van der Waals surface area (Å²) in [5.74, 6) is 0. The van der Waals surface area contributed by atoms with Gasteiger partial charge in [0.15, 0.2) is 0 Å². The molecule has 2 saturated heterocycles. The van der Waals surface area contributed by atoms with Gasteiger partial charge in [0, 0.05) is 19.7 Å². The summed E-state index contributed by atoms with van der Waals surface area (Å²) in [5, 5.41) is 3.08. The minimum Gasteiger partial charge on any atom is -0.376 e. The van der Waals surface area contributed by atoms with Crippen molar-refractivity contribution in [2.75, 3.05) is 19.7 Å². The zero-order valence-corrected chi connectivity index (χ0v) is 10.8. The zero-order valence-electron chi connectivity index (χ0n) is 10.8. The largest absolute Gasteiger partial charge is 0.376 e. The van der Waals surface area contributed by atoms with E-state index in [0.29, 0.717) is 0 Å². The molecule has 17 heavy (non-hydrogen) atoms. The summed E-state index contributed by atoms with van der Waals surface area (Å²) in [5.41, 5.74) is 0. The Morgan fingerprint density at radius 1 is 1.24 bits per heavy atom. The Balaban J connectivity index is 1.78. The van der Waals surface area contributed by atoms with Gasteiger partial charge >= 0.3 is 6.03 Å². The predicted molar refractivity (Wildman–Crippen MR) is 67.0 cm³/mol. The molecule has 0 aromatic heterocycles. The van der Waals surface area contributed by atoms with Gasteiger partial charge in [-0.15, -0.1) is 0 Å². The number of rotatable bonds is 2.